The van der Waals surface area contributed by atoms with E-state index in [0.29, 0.717) is 6.10 Å². The van der Waals surface area contributed by atoms with E-state index in [1.54, 1.807) is 0 Å². The zero-order valence-electron chi connectivity index (χ0n) is 13.1. The molecule has 0 aliphatic heterocycles. The smallest absolute Gasteiger partial charge is 0.315 e. The van der Waals surface area contributed by atoms with Crippen molar-refractivity contribution < 1.29 is 14.6 Å². The molecule has 2 aliphatic rings. The number of carbonyl (C=O) groups excluding carboxylic acids is 1. The van der Waals surface area contributed by atoms with Gasteiger partial charge in [-0.05, 0) is 32.1 Å². The molecule has 2 rings (SSSR count). The van der Waals surface area contributed by atoms with Crippen molar-refractivity contribution in [1.82, 2.24) is 10.6 Å². The topological polar surface area (TPSA) is 70.6 Å². The summed E-state index contributed by atoms with van der Waals surface area (Å²) in [6.07, 6.45) is 10.5. The zero-order valence-corrected chi connectivity index (χ0v) is 13.1. The maximum absolute atomic E-state index is 12.0. The standard InChI is InChI=1S/C16H30N2O3/c1-2-12(11-19)17-16(20)18-14-9-5-6-10-15(14)21-13-7-3-4-8-13/h12-15,19H,2-11H2,1H3,(H2,17,18,20)/t12-,14?,15?/m0/s1. The quantitative estimate of drug-likeness (QED) is 0.705. The fraction of sp³-hybridized carbons (Fsp3) is 0.938. The SMILES string of the molecule is CC[C@@H](CO)NC(=O)NC1CCCCC1OC1CCCC1. The van der Waals surface area contributed by atoms with Crippen molar-refractivity contribution in [3.05, 3.63) is 0 Å². The Morgan fingerprint density at radius 2 is 1.86 bits per heavy atom. The van der Waals surface area contributed by atoms with Crippen LogP contribution >= 0.6 is 0 Å². The summed E-state index contributed by atoms with van der Waals surface area (Å²) in [5, 5.41) is 15.0. The van der Waals surface area contributed by atoms with Crippen molar-refractivity contribution in [3.63, 3.8) is 0 Å². The second-order valence-corrected chi connectivity index (χ2v) is 6.38. The van der Waals surface area contributed by atoms with E-state index in [0.717, 1.165) is 38.5 Å². The average Bonchev–Trinajstić information content (AvgIpc) is 3.00. The van der Waals surface area contributed by atoms with Gasteiger partial charge in [0.05, 0.1) is 30.9 Å². The first-order chi connectivity index (χ1) is 10.2. The molecule has 5 heteroatoms. The van der Waals surface area contributed by atoms with Gasteiger partial charge in [-0.2, -0.15) is 0 Å². The highest BCUT2D eigenvalue weighted by molar-refractivity contribution is 5.74. The number of aliphatic hydroxyl groups excluding tert-OH is 1. The number of nitrogens with one attached hydrogen (secondary N) is 2. The zero-order chi connectivity index (χ0) is 15.1. The number of aliphatic hydroxyl groups is 1. The summed E-state index contributed by atoms with van der Waals surface area (Å²) in [7, 11) is 0. The Labute approximate surface area is 127 Å². The average molecular weight is 298 g/mol. The lowest BCUT2D eigenvalue weighted by atomic mass is 9.92. The highest BCUT2D eigenvalue weighted by atomic mass is 16.5. The van der Waals surface area contributed by atoms with Gasteiger partial charge in [-0.25, -0.2) is 4.79 Å². The van der Waals surface area contributed by atoms with Gasteiger partial charge in [0, 0.05) is 0 Å². The van der Waals surface area contributed by atoms with E-state index in [4.69, 9.17) is 9.84 Å². The van der Waals surface area contributed by atoms with Crippen LogP contribution in [0.3, 0.4) is 0 Å². The van der Waals surface area contributed by atoms with E-state index >= 15 is 0 Å². The number of carbonyl (C=O) groups is 1. The van der Waals surface area contributed by atoms with Crippen LogP contribution < -0.4 is 10.6 Å². The van der Waals surface area contributed by atoms with Gasteiger partial charge < -0.3 is 20.5 Å². The van der Waals surface area contributed by atoms with Gasteiger partial charge in [0.15, 0.2) is 0 Å². The van der Waals surface area contributed by atoms with Crippen LogP contribution in [0.1, 0.15) is 64.7 Å². The summed E-state index contributed by atoms with van der Waals surface area (Å²) < 4.78 is 6.23. The van der Waals surface area contributed by atoms with Gasteiger partial charge in [-0.3, -0.25) is 0 Å². The number of ether oxygens (including phenoxy) is 1. The molecule has 0 aromatic rings. The molecule has 0 aromatic heterocycles. The number of rotatable bonds is 6. The molecular formula is C16H30N2O3. The Hall–Kier alpha value is -0.810. The van der Waals surface area contributed by atoms with Gasteiger partial charge in [-0.1, -0.05) is 32.6 Å². The summed E-state index contributed by atoms with van der Waals surface area (Å²) in [6, 6.07) is -0.235. The number of urea groups is 1. The molecule has 3 N–H and O–H groups in total. The maximum atomic E-state index is 12.0. The molecule has 122 valence electrons. The summed E-state index contributed by atoms with van der Waals surface area (Å²) in [4.78, 5) is 12.0. The number of hydrogen-bond acceptors (Lipinski definition) is 3. The first-order valence-electron chi connectivity index (χ1n) is 8.56. The molecule has 2 amide bonds. The van der Waals surface area contributed by atoms with Crippen LogP contribution in [0.5, 0.6) is 0 Å². The molecule has 0 saturated heterocycles. The largest absolute Gasteiger partial charge is 0.394 e. The van der Waals surface area contributed by atoms with Crippen LogP contribution in [0, 0.1) is 0 Å². The minimum Gasteiger partial charge on any atom is -0.394 e. The number of hydrogen-bond donors (Lipinski definition) is 3. The van der Waals surface area contributed by atoms with Crippen molar-refractivity contribution in [2.24, 2.45) is 0 Å². The molecule has 0 heterocycles. The second-order valence-electron chi connectivity index (χ2n) is 6.38. The van der Waals surface area contributed by atoms with Crippen LogP contribution in [0.4, 0.5) is 4.79 Å². The Kier molecular flexibility index (Phi) is 6.77. The minimum atomic E-state index is -0.178. The van der Waals surface area contributed by atoms with Gasteiger partial charge in [0.2, 0.25) is 0 Å². The molecule has 2 unspecified atom stereocenters. The third kappa shape index (κ3) is 5.15. The molecule has 0 bridgehead atoms. The first-order valence-corrected chi connectivity index (χ1v) is 8.56. The molecule has 2 fully saturated rings. The molecule has 2 saturated carbocycles. The molecule has 2 aliphatic carbocycles. The Bertz CT molecular complexity index is 315. The maximum Gasteiger partial charge on any atom is 0.315 e. The van der Waals surface area contributed by atoms with Crippen LogP contribution in [0.2, 0.25) is 0 Å². The summed E-state index contributed by atoms with van der Waals surface area (Å²) in [6.45, 7) is 1.93. The summed E-state index contributed by atoms with van der Waals surface area (Å²) >= 11 is 0. The summed E-state index contributed by atoms with van der Waals surface area (Å²) in [5.74, 6) is 0. The molecule has 5 nitrogen and oxygen atoms in total. The Morgan fingerprint density at radius 3 is 2.52 bits per heavy atom. The highest BCUT2D eigenvalue weighted by Gasteiger charge is 2.30. The Balaban J connectivity index is 1.81. The monoisotopic (exact) mass is 298 g/mol. The second kappa shape index (κ2) is 8.59. The lowest BCUT2D eigenvalue weighted by Crippen LogP contribution is -2.52. The molecular weight excluding hydrogens is 268 g/mol. The molecule has 0 aromatic carbocycles. The van der Waals surface area contributed by atoms with Crippen molar-refractivity contribution in [3.8, 4) is 0 Å². The van der Waals surface area contributed by atoms with Crippen molar-refractivity contribution >= 4 is 6.03 Å². The van der Waals surface area contributed by atoms with Gasteiger partial charge in [0.1, 0.15) is 0 Å². The summed E-state index contributed by atoms with van der Waals surface area (Å²) in [5.41, 5.74) is 0. The third-order valence-electron chi connectivity index (χ3n) is 4.74. The van der Waals surface area contributed by atoms with Crippen LogP contribution in [0.25, 0.3) is 0 Å². The van der Waals surface area contributed by atoms with E-state index < -0.39 is 0 Å². The lowest BCUT2D eigenvalue weighted by Gasteiger charge is -2.34. The van der Waals surface area contributed by atoms with Crippen molar-refractivity contribution in [1.29, 1.82) is 0 Å². The van der Waals surface area contributed by atoms with E-state index in [2.05, 4.69) is 10.6 Å². The van der Waals surface area contributed by atoms with Gasteiger partial charge in [0.25, 0.3) is 0 Å². The molecule has 0 radical (unpaired) electrons. The highest BCUT2D eigenvalue weighted by Crippen LogP contribution is 2.28. The Morgan fingerprint density at radius 1 is 1.19 bits per heavy atom. The normalized spacial score (nSPS) is 28.3. The first kappa shape index (κ1) is 16.6. The predicted molar refractivity (Wildman–Crippen MR) is 82.2 cm³/mol. The van der Waals surface area contributed by atoms with E-state index in [-0.39, 0.29) is 30.8 Å². The van der Waals surface area contributed by atoms with Crippen molar-refractivity contribution in [2.45, 2.75) is 89.0 Å². The fourth-order valence-electron chi connectivity index (χ4n) is 3.37. The lowest BCUT2D eigenvalue weighted by molar-refractivity contribution is -0.0410. The third-order valence-corrected chi connectivity index (χ3v) is 4.74. The molecule has 21 heavy (non-hydrogen) atoms. The van der Waals surface area contributed by atoms with Crippen LogP contribution in [0.15, 0.2) is 0 Å². The van der Waals surface area contributed by atoms with Crippen molar-refractivity contribution in [2.75, 3.05) is 6.61 Å². The number of amides is 2. The fourth-order valence-corrected chi connectivity index (χ4v) is 3.37. The molecule has 0 spiro atoms. The van der Waals surface area contributed by atoms with E-state index in [1.807, 2.05) is 6.92 Å². The van der Waals surface area contributed by atoms with Gasteiger partial charge in [-0.15, -0.1) is 0 Å². The predicted octanol–water partition coefficient (Wildman–Crippen LogP) is 2.33. The van der Waals surface area contributed by atoms with Crippen LogP contribution in [-0.4, -0.2) is 42.0 Å². The van der Waals surface area contributed by atoms with E-state index in [9.17, 15) is 4.79 Å². The van der Waals surface area contributed by atoms with Gasteiger partial charge >= 0.3 is 6.03 Å². The minimum absolute atomic E-state index is 0.0173. The van der Waals surface area contributed by atoms with E-state index in [1.165, 1.54) is 19.3 Å². The molecule has 3 atom stereocenters. The van der Waals surface area contributed by atoms with Crippen LogP contribution in [-0.2, 0) is 4.74 Å².